The van der Waals surface area contributed by atoms with E-state index in [4.69, 9.17) is 0 Å². The number of unbranched alkanes of at least 4 members (excludes halogenated alkanes) is 1. The standard InChI is InChI=1S/C10H20NO/c1-4-5-8-11-10(12)7-6-9(2)3/h9H,1,4-8H2,2-3H3,(H,11,12). The molecule has 0 aliphatic heterocycles. The minimum Gasteiger partial charge on any atom is -0.356 e. The van der Waals surface area contributed by atoms with Crippen LogP contribution >= 0.6 is 0 Å². The fraction of sp³-hybridized carbons (Fsp3) is 0.800. The Morgan fingerprint density at radius 2 is 2.17 bits per heavy atom. The Morgan fingerprint density at radius 1 is 1.50 bits per heavy atom. The second-order valence-corrected chi connectivity index (χ2v) is 3.49. The molecule has 0 unspecified atom stereocenters. The van der Waals surface area contributed by atoms with Gasteiger partial charge in [0.1, 0.15) is 0 Å². The molecule has 0 saturated carbocycles. The fourth-order valence-electron chi connectivity index (χ4n) is 0.861. The van der Waals surface area contributed by atoms with Crippen LogP contribution < -0.4 is 5.32 Å². The monoisotopic (exact) mass is 170 g/mol. The lowest BCUT2D eigenvalue weighted by molar-refractivity contribution is -0.121. The molecule has 1 amide bonds. The van der Waals surface area contributed by atoms with Crippen molar-refractivity contribution in [3.63, 3.8) is 0 Å². The van der Waals surface area contributed by atoms with Gasteiger partial charge in [0.05, 0.1) is 0 Å². The van der Waals surface area contributed by atoms with Crippen molar-refractivity contribution >= 4 is 5.91 Å². The third kappa shape index (κ3) is 7.58. The van der Waals surface area contributed by atoms with E-state index in [-0.39, 0.29) is 5.91 Å². The van der Waals surface area contributed by atoms with Crippen molar-refractivity contribution in [2.45, 2.75) is 39.5 Å². The van der Waals surface area contributed by atoms with E-state index in [9.17, 15) is 4.79 Å². The van der Waals surface area contributed by atoms with Crippen LogP contribution in [-0.4, -0.2) is 12.5 Å². The van der Waals surface area contributed by atoms with E-state index >= 15 is 0 Å². The summed E-state index contributed by atoms with van der Waals surface area (Å²) >= 11 is 0. The van der Waals surface area contributed by atoms with Crippen molar-refractivity contribution in [3.05, 3.63) is 6.92 Å². The van der Waals surface area contributed by atoms with Crippen LogP contribution in [0, 0.1) is 12.8 Å². The molecule has 0 aliphatic rings. The van der Waals surface area contributed by atoms with E-state index in [1.165, 1.54) is 0 Å². The molecule has 0 atom stereocenters. The zero-order valence-electron chi connectivity index (χ0n) is 8.23. The molecule has 1 N–H and O–H groups in total. The first-order valence-corrected chi connectivity index (χ1v) is 4.72. The maximum atomic E-state index is 11.1. The van der Waals surface area contributed by atoms with Gasteiger partial charge in [0.2, 0.25) is 5.91 Å². The molecule has 71 valence electrons. The molecule has 0 bridgehead atoms. The Morgan fingerprint density at radius 3 is 2.67 bits per heavy atom. The van der Waals surface area contributed by atoms with Crippen LogP contribution in [0.5, 0.6) is 0 Å². The Labute approximate surface area is 75.7 Å². The highest BCUT2D eigenvalue weighted by molar-refractivity contribution is 5.75. The maximum absolute atomic E-state index is 11.1. The number of hydrogen-bond donors (Lipinski definition) is 1. The second kappa shape index (κ2) is 7.14. The summed E-state index contributed by atoms with van der Waals surface area (Å²) in [6, 6.07) is 0. The van der Waals surface area contributed by atoms with Crippen molar-refractivity contribution in [2.24, 2.45) is 5.92 Å². The average molecular weight is 170 g/mol. The molecule has 0 aromatic carbocycles. The molecule has 0 aromatic heterocycles. The molecule has 0 rings (SSSR count). The van der Waals surface area contributed by atoms with Crippen molar-refractivity contribution in [3.8, 4) is 0 Å². The van der Waals surface area contributed by atoms with Gasteiger partial charge in [-0.2, -0.15) is 0 Å². The number of carbonyl (C=O) groups is 1. The summed E-state index contributed by atoms with van der Waals surface area (Å²) in [4.78, 5) is 11.1. The van der Waals surface area contributed by atoms with Crippen LogP contribution in [0.1, 0.15) is 39.5 Å². The fourth-order valence-corrected chi connectivity index (χ4v) is 0.861. The average Bonchev–Trinajstić information content (AvgIpc) is 2.01. The van der Waals surface area contributed by atoms with E-state index in [1.807, 2.05) is 0 Å². The summed E-state index contributed by atoms with van der Waals surface area (Å²) in [5.41, 5.74) is 0. The SMILES string of the molecule is [CH2]CCCNC(=O)CCC(C)C. The summed E-state index contributed by atoms with van der Waals surface area (Å²) in [5.74, 6) is 0.792. The lowest BCUT2D eigenvalue weighted by Crippen LogP contribution is -2.24. The molecule has 1 radical (unpaired) electrons. The first kappa shape index (κ1) is 11.5. The van der Waals surface area contributed by atoms with Gasteiger partial charge in [-0.3, -0.25) is 4.79 Å². The Kier molecular flexibility index (Phi) is 6.82. The van der Waals surface area contributed by atoms with Crippen molar-refractivity contribution in [2.75, 3.05) is 6.54 Å². The molecule has 2 heteroatoms. The molecule has 0 aromatic rings. The molecule has 0 spiro atoms. The van der Waals surface area contributed by atoms with E-state index in [0.29, 0.717) is 12.3 Å². The minimum atomic E-state index is 0.178. The quantitative estimate of drug-likeness (QED) is 0.608. The molecule has 0 saturated heterocycles. The summed E-state index contributed by atoms with van der Waals surface area (Å²) < 4.78 is 0. The largest absolute Gasteiger partial charge is 0.356 e. The number of carbonyl (C=O) groups excluding carboxylic acids is 1. The number of nitrogens with one attached hydrogen (secondary N) is 1. The third-order valence-corrected chi connectivity index (χ3v) is 1.70. The Hall–Kier alpha value is -0.530. The lowest BCUT2D eigenvalue weighted by Gasteiger charge is -2.05. The molecule has 0 heterocycles. The van der Waals surface area contributed by atoms with Crippen LogP contribution in [0.25, 0.3) is 0 Å². The summed E-state index contributed by atoms with van der Waals surface area (Å²) in [5, 5.41) is 2.86. The molecular formula is C10H20NO. The van der Waals surface area contributed by atoms with E-state index in [0.717, 1.165) is 25.8 Å². The van der Waals surface area contributed by atoms with Crippen molar-refractivity contribution < 1.29 is 4.79 Å². The van der Waals surface area contributed by atoms with Gasteiger partial charge in [-0.25, -0.2) is 0 Å². The van der Waals surface area contributed by atoms with Gasteiger partial charge >= 0.3 is 0 Å². The normalized spacial score (nSPS) is 10.3. The summed E-state index contributed by atoms with van der Waals surface area (Å²) in [6.45, 7) is 8.74. The Bertz CT molecular complexity index is 121. The molecular weight excluding hydrogens is 150 g/mol. The van der Waals surface area contributed by atoms with Gasteiger partial charge in [-0.05, 0) is 18.8 Å². The van der Waals surface area contributed by atoms with E-state index in [1.54, 1.807) is 0 Å². The van der Waals surface area contributed by atoms with Gasteiger partial charge in [-0.15, -0.1) is 0 Å². The predicted octanol–water partition coefficient (Wildman–Crippen LogP) is 2.15. The van der Waals surface area contributed by atoms with Crippen LogP contribution in [0.15, 0.2) is 0 Å². The van der Waals surface area contributed by atoms with Crippen molar-refractivity contribution in [1.82, 2.24) is 5.32 Å². The maximum Gasteiger partial charge on any atom is 0.220 e. The van der Waals surface area contributed by atoms with Crippen LogP contribution in [0.3, 0.4) is 0 Å². The molecule has 0 fully saturated rings. The van der Waals surface area contributed by atoms with Crippen LogP contribution in [0.2, 0.25) is 0 Å². The number of amides is 1. The van der Waals surface area contributed by atoms with Gasteiger partial charge in [0.15, 0.2) is 0 Å². The third-order valence-electron chi connectivity index (χ3n) is 1.70. The smallest absolute Gasteiger partial charge is 0.220 e. The van der Waals surface area contributed by atoms with Gasteiger partial charge in [0, 0.05) is 13.0 Å². The topological polar surface area (TPSA) is 29.1 Å². The Balaban J connectivity index is 3.22. The van der Waals surface area contributed by atoms with Crippen LogP contribution in [0.4, 0.5) is 0 Å². The van der Waals surface area contributed by atoms with Crippen LogP contribution in [-0.2, 0) is 4.79 Å². The second-order valence-electron chi connectivity index (χ2n) is 3.49. The predicted molar refractivity (Wildman–Crippen MR) is 51.7 cm³/mol. The zero-order valence-corrected chi connectivity index (χ0v) is 8.23. The minimum absolute atomic E-state index is 0.178. The van der Waals surface area contributed by atoms with Gasteiger partial charge in [-0.1, -0.05) is 27.2 Å². The highest BCUT2D eigenvalue weighted by Crippen LogP contribution is 2.02. The highest BCUT2D eigenvalue weighted by atomic mass is 16.1. The number of rotatable bonds is 6. The zero-order chi connectivity index (χ0) is 9.40. The summed E-state index contributed by atoms with van der Waals surface area (Å²) in [6.07, 6.45) is 3.52. The number of hydrogen-bond acceptors (Lipinski definition) is 1. The van der Waals surface area contributed by atoms with E-state index in [2.05, 4.69) is 26.1 Å². The molecule has 0 aliphatic carbocycles. The molecule has 12 heavy (non-hydrogen) atoms. The highest BCUT2D eigenvalue weighted by Gasteiger charge is 2.01. The molecule has 2 nitrogen and oxygen atoms in total. The van der Waals surface area contributed by atoms with Gasteiger partial charge in [0.25, 0.3) is 0 Å². The first-order valence-electron chi connectivity index (χ1n) is 4.72. The van der Waals surface area contributed by atoms with E-state index < -0.39 is 0 Å². The first-order chi connectivity index (χ1) is 5.66. The van der Waals surface area contributed by atoms with Gasteiger partial charge < -0.3 is 5.32 Å². The summed E-state index contributed by atoms with van der Waals surface area (Å²) in [7, 11) is 0. The van der Waals surface area contributed by atoms with Crippen molar-refractivity contribution in [1.29, 1.82) is 0 Å². The lowest BCUT2D eigenvalue weighted by atomic mass is 10.1.